The van der Waals surface area contributed by atoms with Gasteiger partial charge in [0.05, 0.1) is 0 Å². The number of carbonyl (C=O) groups excluding carboxylic acids is 2. The molecule has 1 aromatic rings. The number of hydrogen-bond acceptors (Lipinski definition) is 2. The number of nitrogens with zero attached hydrogens (tertiary/aromatic N) is 1. The van der Waals surface area contributed by atoms with Gasteiger partial charge in [-0.05, 0) is 43.9 Å². The third kappa shape index (κ3) is 2.85. The second-order valence-corrected chi connectivity index (χ2v) is 6.04. The van der Waals surface area contributed by atoms with E-state index in [9.17, 15) is 14.0 Å². The van der Waals surface area contributed by atoms with Crippen LogP contribution in [0.1, 0.15) is 48.9 Å². The van der Waals surface area contributed by atoms with Crippen molar-refractivity contribution in [1.29, 1.82) is 0 Å². The lowest BCUT2D eigenvalue weighted by Crippen LogP contribution is -2.43. The van der Waals surface area contributed by atoms with Crippen molar-refractivity contribution in [2.75, 3.05) is 6.54 Å². The molecule has 2 atom stereocenters. The number of carbonyl (C=O) groups is 2. The average Bonchev–Trinajstić information content (AvgIpc) is 2.96. The summed E-state index contributed by atoms with van der Waals surface area (Å²) in [6, 6.07) is 5.82. The molecule has 0 aromatic heterocycles. The molecule has 3 rings (SSSR count). The van der Waals surface area contributed by atoms with Gasteiger partial charge in [0.15, 0.2) is 0 Å². The summed E-state index contributed by atoms with van der Waals surface area (Å²) in [5.74, 6) is -0.260. The average molecular weight is 289 g/mol. The molecule has 3 nitrogen and oxygen atoms in total. The van der Waals surface area contributed by atoms with E-state index in [2.05, 4.69) is 0 Å². The molecule has 112 valence electrons. The lowest BCUT2D eigenvalue weighted by Gasteiger charge is -2.33. The highest BCUT2D eigenvalue weighted by Crippen LogP contribution is 2.33. The van der Waals surface area contributed by atoms with Crippen LogP contribution in [0.4, 0.5) is 4.39 Å². The Kier molecular flexibility index (Phi) is 4.04. The minimum atomic E-state index is -0.398. The van der Waals surface area contributed by atoms with Gasteiger partial charge >= 0.3 is 0 Å². The monoisotopic (exact) mass is 289 g/mol. The fraction of sp³-hybridized carbons (Fsp3) is 0.529. The molecule has 0 spiro atoms. The van der Waals surface area contributed by atoms with Crippen molar-refractivity contribution >= 4 is 11.7 Å². The van der Waals surface area contributed by atoms with Crippen molar-refractivity contribution in [2.45, 2.75) is 44.6 Å². The van der Waals surface area contributed by atoms with Crippen molar-refractivity contribution < 1.29 is 14.0 Å². The van der Waals surface area contributed by atoms with Crippen LogP contribution in [-0.2, 0) is 4.79 Å². The van der Waals surface area contributed by atoms with Gasteiger partial charge in [-0.1, -0.05) is 12.5 Å². The second-order valence-electron chi connectivity index (χ2n) is 6.04. The van der Waals surface area contributed by atoms with Gasteiger partial charge in [-0.2, -0.15) is 0 Å². The molecule has 2 unspecified atom stereocenters. The molecule has 1 aliphatic heterocycles. The van der Waals surface area contributed by atoms with E-state index in [0.29, 0.717) is 24.3 Å². The molecule has 21 heavy (non-hydrogen) atoms. The molecular weight excluding hydrogens is 269 g/mol. The van der Waals surface area contributed by atoms with Crippen LogP contribution < -0.4 is 0 Å². The molecular formula is C17H20FNO2. The lowest BCUT2D eigenvalue weighted by molar-refractivity contribution is -0.126. The minimum absolute atomic E-state index is 0.00793. The van der Waals surface area contributed by atoms with Crippen molar-refractivity contribution in [1.82, 2.24) is 4.90 Å². The topological polar surface area (TPSA) is 37.4 Å². The summed E-state index contributed by atoms with van der Waals surface area (Å²) in [6.45, 7) is 0.670. The minimum Gasteiger partial charge on any atom is -0.335 e. The first-order valence-corrected chi connectivity index (χ1v) is 7.76. The molecule has 0 bridgehead atoms. The maximum atomic E-state index is 13.3. The second kappa shape index (κ2) is 5.96. The van der Waals surface area contributed by atoms with Crippen LogP contribution in [-0.4, -0.2) is 29.2 Å². The Bertz CT molecular complexity index is 557. The highest BCUT2D eigenvalue weighted by atomic mass is 19.1. The van der Waals surface area contributed by atoms with Gasteiger partial charge in [0.25, 0.3) is 5.91 Å². The summed E-state index contributed by atoms with van der Waals surface area (Å²) in [7, 11) is 0. The lowest BCUT2D eigenvalue weighted by atomic mass is 9.81. The molecule has 1 saturated carbocycles. The van der Waals surface area contributed by atoms with E-state index in [1.54, 1.807) is 17.0 Å². The highest BCUT2D eigenvalue weighted by molar-refractivity contribution is 5.95. The van der Waals surface area contributed by atoms with Crippen molar-refractivity contribution in [3.63, 3.8) is 0 Å². The summed E-state index contributed by atoms with van der Waals surface area (Å²) in [6.07, 6.45) is 5.38. The van der Waals surface area contributed by atoms with E-state index in [1.807, 2.05) is 0 Å². The number of amides is 1. The van der Waals surface area contributed by atoms with Crippen LogP contribution >= 0.6 is 0 Å². The molecule has 1 heterocycles. The number of hydrogen-bond donors (Lipinski definition) is 0. The number of Topliss-reactive ketones (excluding diaryl/α,β-unsaturated/α-hetero) is 1. The maximum absolute atomic E-state index is 13.3. The zero-order valence-corrected chi connectivity index (χ0v) is 12.1. The maximum Gasteiger partial charge on any atom is 0.254 e. The molecule has 0 N–H and O–H groups in total. The SMILES string of the molecule is O=C1CCCCC1C1CCCN1C(=O)c1cccc(F)c1. The summed E-state index contributed by atoms with van der Waals surface area (Å²) in [4.78, 5) is 26.5. The molecule has 0 radical (unpaired) electrons. The first kappa shape index (κ1) is 14.2. The molecule has 1 saturated heterocycles. The Labute approximate surface area is 124 Å². The van der Waals surface area contributed by atoms with Gasteiger partial charge in [-0.25, -0.2) is 4.39 Å². The number of halogens is 1. The zero-order chi connectivity index (χ0) is 14.8. The molecule has 2 aliphatic rings. The van der Waals surface area contributed by atoms with E-state index in [0.717, 1.165) is 32.1 Å². The predicted molar refractivity (Wildman–Crippen MR) is 77.4 cm³/mol. The quantitative estimate of drug-likeness (QED) is 0.838. The standard InChI is InChI=1S/C17H20FNO2/c18-13-6-3-5-12(11-13)17(21)19-10-4-8-15(19)14-7-1-2-9-16(14)20/h3,5-6,11,14-15H,1-2,4,7-10H2. The molecule has 1 aliphatic carbocycles. The van der Waals surface area contributed by atoms with Gasteiger partial charge in [0.2, 0.25) is 0 Å². The fourth-order valence-electron chi connectivity index (χ4n) is 3.67. The van der Waals surface area contributed by atoms with Crippen LogP contribution in [0.2, 0.25) is 0 Å². The van der Waals surface area contributed by atoms with Gasteiger partial charge in [0, 0.05) is 30.5 Å². The van der Waals surface area contributed by atoms with Gasteiger partial charge in [-0.3, -0.25) is 9.59 Å². The third-order valence-corrected chi connectivity index (χ3v) is 4.70. The Morgan fingerprint density at radius 1 is 1.19 bits per heavy atom. The van der Waals surface area contributed by atoms with Crippen molar-refractivity contribution in [2.24, 2.45) is 5.92 Å². The van der Waals surface area contributed by atoms with Crippen LogP contribution in [0, 0.1) is 11.7 Å². The Morgan fingerprint density at radius 3 is 2.81 bits per heavy atom. The third-order valence-electron chi connectivity index (χ3n) is 4.70. The van der Waals surface area contributed by atoms with Crippen LogP contribution in [0.25, 0.3) is 0 Å². The molecule has 1 aromatic carbocycles. The first-order chi connectivity index (χ1) is 10.2. The summed E-state index contributed by atoms with van der Waals surface area (Å²) in [5.41, 5.74) is 0.380. The smallest absolute Gasteiger partial charge is 0.254 e. The zero-order valence-electron chi connectivity index (χ0n) is 12.1. The summed E-state index contributed by atoms with van der Waals surface area (Å²) in [5, 5.41) is 0. The number of likely N-dealkylation sites (tertiary alicyclic amines) is 1. The number of rotatable bonds is 2. The van der Waals surface area contributed by atoms with Gasteiger partial charge in [0.1, 0.15) is 11.6 Å². The Hall–Kier alpha value is -1.71. The van der Waals surface area contributed by atoms with E-state index >= 15 is 0 Å². The van der Waals surface area contributed by atoms with Crippen molar-refractivity contribution in [3.8, 4) is 0 Å². The van der Waals surface area contributed by atoms with Crippen LogP contribution in [0.15, 0.2) is 24.3 Å². The number of ketones is 1. The normalized spacial score (nSPS) is 26.1. The van der Waals surface area contributed by atoms with Gasteiger partial charge in [-0.15, -0.1) is 0 Å². The van der Waals surface area contributed by atoms with Crippen LogP contribution in [0.5, 0.6) is 0 Å². The first-order valence-electron chi connectivity index (χ1n) is 7.76. The summed E-state index contributed by atoms with van der Waals surface area (Å²) < 4.78 is 13.3. The Morgan fingerprint density at radius 2 is 2.05 bits per heavy atom. The molecule has 1 amide bonds. The molecule has 2 fully saturated rings. The van der Waals surface area contributed by atoms with E-state index < -0.39 is 5.82 Å². The van der Waals surface area contributed by atoms with Crippen molar-refractivity contribution in [3.05, 3.63) is 35.6 Å². The predicted octanol–water partition coefficient (Wildman–Crippen LogP) is 3.19. The van der Waals surface area contributed by atoms with E-state index in [4.69, 9.17) is 0 Å². The number of benzene rings is 1. The van der Waals surface area contributed by atoms with E-state index in [1.165, 1.54) is 12.1 Å². The van der Waals surface area contributed by atoms with Gasteiger partial charge < -0.3 is 4.90 Å². The Balaban J connectivity index is 1.80. The fourth-order valence-corrected chi connectivity index (χ4v) is 3.67. The molecule has 4 heteroatoms. The summed E-state index contributed by atoms with van der Waals surface area (Å²) >= 11 is 0. The highest BCUT2D eigenvalue weighted by Gasteiger charge is 2.39. The van der Waals surface area contributed by atoms with E-state index in [-0.39, 0.29) is 17.9 Å². The largest absolute Gasteiger partial charge is 0.335 e. The van der Waals surface area contributed by atoms with Crippen LogP contribution in [0.3, 0.4) is 0 Å².